The number of aryl methyl sites for hydroxylation is 1. The number of carbonyl (C=O) groups is 1. The number of aromatic nitrogens is 2. The van der Waals surface area contributed by atoms with E-state index in [2.05, 4.69) is 20.8 Å². The fraction of sp³-hybridized carbons (Fsp3) is 0.211. The summed E-state index contributed by atoms with van der Waals surface area (Å²) in [4.78, 5) is 12.0. The van der Waals surface area contributed by atoms with Crippen LogP contribution in [-0.2, 0) is 11.3 Å². The quantitative estimate of drug-likeness (QED) is 0.557. The van der Waals surface area contributed by atoms with Gasteiger partial charge < -0.3 is 15.4 Å². The van der Waals surface area contributed by atoms with Gasteiger partial charge in [0.05, 0.1) is 12.9 Å². The van der Waals surface area contributed by atoms with Crippen LogP contribution in [0.5, 0.6) is 5.75 Å². The maximum Gasteiger partial charge on any atom is 0.230 e. The zero-order chi connectivity index (χ0) is 19.1. The lowest BCUT2D eigenvalue weighted by Gasteiger charge is -2.05. The largest absolute Gasteiger partial charge is 0.497 e. The SMILES string of the molecule is COc1cccc(Nc2nnc(SCC(=O)NCc3ccc(C)cc3)s2)c1. The molecule has 0 saturated heterocycles. The molecule has 1 amide bonds. The third-order valence-corrected chi connectivity index (χ3v) is 5.64. The van der Waals surface area contributed by atoms with Gasteiger partial charge in [-0.1, -0.05) is 59.0 Å². The minimum atomic E-state index is -0.0296. The van der Waals surface area contributed by atoms with Crippen molar-refractivity contribution < 1.29 is 9.53 Å². The first-order valence-corrected chi connectivity index (χ1v) is 10.1. The molecule has 2 aromatic carbocycles. The average molecular weight is 401 g/mol. The second-order valence-corrected chi connectivity index (χ2v) is 7.98. The third-order valence-electron chi connectivity index (χ3n) is 3.66. The van der Waals surface area contributed by atoms with E-state index >= 15 is 0 Å². The number of nitrogens with one attached hydrogen (secondary N) is 2. The Morgan fingerprint density at radius 3 is 2.78 bits per heavy atom. The average Bonchev–Trinajstić information content (AvgIpc) is 3.13. The van der Waals surface area contributed by atoms with Gasteiger partial charge in [-0.15, -0.1) is 10.2 Å². The summed E-state index contributed by atoms with van der Waals surface area (Å²) in [6.07, 6.45) is 0. The van der Waals surface area contributed by atoms with Crippen molar-refractivity contribution in [3.63, 3.8) is 0 Å². The molecule has 6 nitrogen and oxygen atoms in total. The Labute approximate surface area is 166 Å². The van der Waals surface area contributed by atoms with Crippen LogP contribution in [0.15, 0.2) is 52.9 Å². The van der Waals surface area contributed by atoms with Crippen molar-refractivity contribution in [2.24, 2.45) is 0 Å². The van der Waals surface area contributed by atoms with Crippen molar-refractivity contribution in [3.8, 4) is 5.75 Å². The second kappa shape index (κ2) is 9.38. The molecule has 0 bridgehead atoms. The van der Waals surface area contributed by atoms with Crippen LogP contribution in [0.25, 0.3) is 0 Å². The van der Waals surface area contributed by atoms with Gasteiger partial charge in [0.25, 0.3) is 0 Å². The minimum absolute atomic E-state index is 0.0296. The van der Waals surface area contributed by atoms with Gasteiger partial charge in [0.15, 0.2) is 4.34 Å². The summed E-state index contributed by atoms with van der Waals surface area (Å²) >= 11 is 2.78. The van der Waals surface area contributed by atoms with Gasteiger partial charge in [-0.2, -0.15) is 0 Å². The molecule has 3 aromatic rings. The van der Waals surface area contributed by atoms with Crippen LogP contribution in [0.2, 0.25) is 0 Å². The number of methoxy groups -OCH3 is 1. The number of rotatable bonds is 8. The Morgan fingerprint density at radius 1 is 1.19 bits per heavy atom. The summed E-state index contributed by atoms with van der Waals surface area (Å²) < 4.78 is 5.94. The number of hydrogen-bond donors (Lipinski definition) is 2. The summed E-state index contributed by atoms with van der Waals surface area (Å²) in [6, 6.07) is 15.7. The number of nitrogens with zero attached hydrogens (tertiary/aromatic N) is 2. The fourth-order valence-corrected chi connectivity index (χ4v) is 3.83. The third kappa shape index (κ3) is 5.97. The highest BCUT2D eigenvalue weighted by molar-refractivity contribution is 8.01. The molecule has 0 fully saturated rings. The molecule has 0 aliphatic rings. The second-order valence-electron chi connectivity index (χ2n) is 5.78. The molecule has 1 aromatic heterocycles. The molecule has 0 spiro atoms. The van der Waals surface area contributed by atoms with Crippen LogP contribution in [0, 0.1) is 6.92 Å². The standard InChI is InChI=1S/C19H20N4O2S2/c1-13-6-8-14(9-7-13)11-20-17(24)12-26-19-23-22-18(27-19)21-15-4-3-5-16(10-15)25-2/h3-10H,11-12H2,1-2H3,(H,20,24)(H,21,22). The predicted molar refractivity (Wildman–Crippen MR) is 110 cm³/mol. The van der Waals surface area contributed by atoms with Crippen molar-refractivity contribution in [1.29, 1.82) is 0 Å². The van der Waals surface area contributed by atoms with Gasteiger partial charge in [-0.05, 0) is 24.6 Å². The Bertz CT molecular complexity index is 897. The van der Waals surface area contributed by atoms with E-state index in [1.807, 2.05) is 55.5 Å². The first kappa shape index (κ1) is 19.2. The normalized spacial score (nSPS) is 10.4. The topological polar surface area (TPSA) is 76.1 Å². The molecule has 8 heteroatoms. The zero-order valence-corrected chi connectivity index (χ0v) is 16.7. The number of thioether (sulfide) groups is 1. The van der Waals surface area contributed by atoms with Crippen LogP contribution in [0.4, 0.5) is 10.8 Å². The van der Waals surface area contributed by atoms with Gasteiger partial charge >= 0.3 is 0 Å². The Morgan fingerprint density at radius 2 is 2.00 bits per heavy atom. The van der Waals surface area contributed by atoms with E-state index in [9.17, 15) is 4.79 Å². The van der Waals surface area contributed by atoms with Gasteiger partial charge in [0.1, 0.15) is 5.75 Å². The van der Waals surface area contributed by atoms with Gasteiger partial charge in [0, 0.05) is 18.3 Å². The van der Waals surface area contributed by atoms with Gasteiger partial charge in [0.2, 0.25) is 11.0 Å². The molecule has 0 unspecified atom stereocenters. The number of anilines is 2. The maximum atomic E-state index is 12.0. The molecule has 0 saturated carbocycles. The van der Waals surface area contributed by atoms with Crippen LogP contribution in [0.1, 0.15) is 11.1 Å². The molecule has 0 aliphatic carbocycles. The molecule has 0 radical (unpaired) electrons. The summed E-state index contributed by atoms with van der Waals surface area (Å²) in [5.74, 6) is 1.04. The molecular formula is C19H20N4O2S2. The van der Waals surface area contributed by atoms with Crippen LogP contribution >= 0.6 is 23.1 Å². The van der Waals surface area contributed by atoms with E-state index in [0.717, 1.165) is 21.3 Å². The van der Waals surface area contributed by atoms with E-state index in [0.29, 0.717) is 17.4 Å². The molecular weight excluding hydrogens is 380 g/mol. The molecule has 3 rings (SSSR count). The van der Waals surface area contributed by atoms with E-state index in [1.165, 1.54) is 28.7 Å². The van der Waals surface area contributed by atoms with E-state index in [4.69, 9.17) is 4.74 Å². The highest BCUT2D eigenvalue weighted by Crippen LogP contribution is 2.28. The van der Waals surface area contributed by atoms with Gasteiger partial charge in [-0.3, -0.25) is 4.79 Å². The Hall–Kier alpha value is -2.58. The van der Waals surface area contributed by atoms with Crippen LogP contribution < -0.4 is 15.4 Å². The number of amides is 1. The lowest BCUT2D eigenvalue weighted by atomic mass is 10.1. The minimum Gasteiger partial charge on any atom is -0.497 e. The van der Waals surface area contributed by atoms with Crippen molar-refractivity contribution in [2.45, 2.75) is 17.8 Å². The number of carbonyl (C=O) groups excluding carboxylic acids is 1. The summed E-state index contributed by atoms with van der Waals surface area (Å²) in [5.41, 5.74) is 3.16. The summed E-state index contributed by atoms with van der Waals surface area (Å²) in [6.45, 7) is 2.57. The molecule has 0 atom stereocenters. The number of hydrogen-bond acceptors (Lipinski definition) is 7. The van der Waals surface area contributed by atoms with Gasteiger partial charge in [-0.25, -0.2) is 0 Å². The Kier molecular flexibility index (Phi) is 6.67. The molecule has 0 aliphatic heterocycles. The van der Waals surface area contributed by atoms with Crippen molar-refractivity contribution in [3.05, 3.63) is 59.7 Å². The summed E-state index contributed by atoms with van der Waals surface area (Å²) in [7, 11) is 1.63. The molecule has 2 N–H and O–H groups in total. The van der Waals surface area contributed by atoms with Crippen LogP contribution in [-0.4, -0.2) is 29.0 Å². The summed E-state index contributed by atoms with van der Waals surface area (Å²) in [5, 5.41) is 15.0. The molecule has 140 valence electrons. The highest BCUT2D eigenvalue weighted by atomic mass is 32.2. The fourth-order valence-electron chi connectivity index (χ4n) is 2.23. The van der Waals surface area contributed by atoms with E-state index < -0.39 is 0 Å². The lowest BCUT2D eigenvalue weighted by Crippen LogP contribution is -2.24. The maximum absolute atomic E-state index is 12.0. The first-order chi connectivity index (χ1) is 13.1. The van der Waals surface area contributed by atoms with Crippen molar-refractivity contribution in [2.75, 3.05) is 18.2 Å². The first-order valence-electron chi connectivity index (χ1n) is 8.32. The predicted octanol–water partition coefficient (Wildman–Crippen LogP) is 4.01. The van der Waals surface area contributed by atoms with E-state index in [-0.39, 0.29) is 5.91 Å². The molecule has 27 heavy (non-hydrogen) atoms. The number of ether oxygens (including phenoxy) is 1. The number of benzene rings is 2. The monoisotopic (exact) mass is 400 g/mol. The smallest absolute Gasteiger partial charge is 0.230 e. The van der Waals surface area contributed by atoms with E-state index in [1.54, 1.807) is 7.11 Å². The lowest BCUT2D eigenvalue weighted by molar-refractivity contribution is -0.118. The Balaban J connectivity index is 1.46. The highest BCUT2D eigenvalue weighted by Gasteiger charge is 2.09. The van der Waals surface area contributed by atoms with Crippen molar-refractivity contribution >= 4 is 39.8 Å². The molecule has 1 heterocycles. The van der Waals surface area contributed by atoms with Crippen molar-refractivity contribution in [1.82, 2.24) is 15.5 Å². The van der Waals surface area contributed by atoms with Crippen LogP contribution in [0.3, 0.4) is 0 Å². The zero-order valence-electron chi connectivity index (χ0n) is 15.1.